The molecule has 6 heteroatoms. The third-order valence-electron chi connectivity index (χ3n) is 7.11. The molecule has 0 aliphatic carbocycles. The zero-order valence-electron chi connectivity index (χ0n) is 25.8. The summed E-state index contributed by atoms with van der Waals surface area (Å²) < 4.78 is 36.0. The van der Waals surface area contributed by atoms with E-state index in [-0.39, 0.29) is 6.61 Å². The topological polar surface area (TPSA) is 54.0 Å². The van der Waals surface area contributed by atoms with Crippen LogP contribution in [0.3, 0.4) is 0 Å². The van der Waals surface area contributed by atoms with Crippen LogP contribution < -0.4 is 14.2 Å². The summed E-state index contributed by atoms with van der Waals surface area (Å²) in [6.07, 6.45) is 18.4. The van der Waals surface area contributed by atoms with Crippen LogP contribution in [0.5, 0.6) is 17.2 Å². The minimum absolute atomic E-state index is 0.0306. The summed E-state index contributed by atoms with van der Waals surface area (Å²) in [5.41, 5.74) is 0.452. The summed E-state index contributed by atoms with van der Waals surface area (Å²) >= 11 is 0. The van der Waals surface area contributed by atoms with Gasteiger partial charge in [0.05, 0.1) is 18.8 Å². The van der Waals surface area contributed by atoms with Crippen LogP contribution in [0.25, 0.3) is 0 Å². The van der Waals surface area contributed by atoms with Crippen molar-refractivity contribution in [1.29, 1.82) is 0 Å². The van der Waals surface area contributed by atoms with Gasteiger partial charge in [-0.25, -0.2) is 9.18 Å². The molecule has 234 valence electrons. The number of hydrogen-bond acceptors (Lipinski definition) is 5. The molecule has 42 heavy (non-hydrogen) atoms. The molecule has 0 bridgehead atoms. The van der Waals surface area contributed by atoms with Crippen molar-refractivity contribution < 1.29 is 28.1 Å². The second-order valence-corrected chi connectivity index (χ2v) is 10.9. The van der Waals surface area contributed by atoms with Crippen LogP contribution in [0.1, 0.15) is 114 Å². The SMILES string of the molecule is C=CCOCCCCCCCCCCCCCCOc1ccc(C(=O)Oc2ccc(OCC(F)CCCC)cc2)cc1. The van der Waals surface area contributed by atoms with E-state index in [9.17, 15) is 9.18 Å². The molecule has 0 spiro atoms. The van der Waals surface area contributed by atoms with Gasteiger partial charge in [-0.1, -0.05) is 90.0 Å². The monoisotopic (exact) mass is 584 g/mol. The van der Waals surface area contributed by atoms with E-state index in [2.05, 4.69) is 6.58 Å². The highest BCUT2D eigenvalue weighted by atomic mass is 19.1. The molecule has 2 rings (SSSR count). The van der Waals surface area contributed by atoms with E-state index in [1.807, 2.05) is 6.92 Å². The van der Waals surface area contributed by atoms with Gasteiger partial charge in [-0.2, -0.15) is 0 Å². The molecule has 2 aromatic carbocycles. The first-order valence-corrected chi connectivity index (χ1v) is 16.1. The zero-order chi connectivity index (χ0) is 30.1. The molecule has 0 radical (unpaired) electrons. The van der Waals surface area contributed by atoms with Gasteiger partial charge in [0.2, 0.25) is 0 Å². The highest BCUT2D eigenvalue weighted by molar-refractivity contribution is 5.91. The van der Waals surface area contributed by atoms with Crippen LogP contribution in [-0.2, 0) is 4.74 Å². The molecular formula is C36H53FO5. The number of alkyl halides is 1. The van der Waals surface area contributed by atoms with Crippen LogP contribution in [0.15, 0.2) is 61.2 Å². The van der Waals surface area contributed by atoms with E-state index in [0.717, 1.165) is 38.0 Å². The van der Waals surface area contributed by atoms with Crippen molar-refractivity contribution in [2.75, 3.05) is 26.4 Å². The molecule has 0 heterocycles. The molecule has 0 amide bonds. The molecule has 0 aromatic heterocycles. The number of benzene rings is 2. The van der Waals surface area contributed by atoms with Crippen LogP contribution in [0.4, 0.5) is 4.39 Å². The van der Waals surface area contributed by atoms with Crippen molar-refractivity contribution in [3.63, 3.8) is 0 Å². The Morgan fingerprint density at radius 3 is 1.79 bits per heavy atom. The summed E-state index contributed by atoms with van der Waals surface area (Å²) in [5, 5.41) is 0. The standard InChI is InChI=1S/C36H53FO5/c1-3-5-18-32(37)30-41-34-23-25-35(26-24-34)42-36(38)31-19-21-33(22-20-31)40-29-17-15-13-11-9-7-6-8-10-12-14-16-28-39-27-4-2/h4,19-26,32H,2-3,5-18,27-30H2,1H3. The van der Waals surface area contributed by atoms with Gasteiger partial charge in [-0.3, -0.25) is 0 Å². The smallest absolute Gasteiger partial charge is 0.343 e. The van der Waals surface area contributed by atoms with Crippen molar-refractivity contribution in [2.24, 2.45) is 0 Å². The number of carbonyl (C=O) groups excluding carboxylic acids is 1. The molecule has 1 atom stereocenters. The molecule has 0 aliphatic heterocycles. The van der Waals surface area contributed by atoms with Crippen molar-refractivity contribution in [1.82, 2.24) is 0 Å². The number of ether oxygens (including phenoxy) is 4. The second-order valence-electron chi connectivity index (χ2n) is 10.9. The van der Waals surface area contributed by atoms with Crippen LogP contribution in [0, 0.1) is 0 Å². The summed E-state index contributed by atoms with van der Waals surface area (Å²) in [5.74, 6) is 1.27. The zero-order valence-corrected chi connectivity index (χ0v) is 25.8. The largest absolute Gasteiger partial charge is 0.494 e. The minimum Gasteiger partial charge on any atom is -0.494 e. The Balaban J connectivity index is 1.48. The number of unbranched alkanes of at least 4 members (excludes halogenated alkanes) is 12. The Morgan fingerprint density at radius 2 is 1.21 bits per heavy atom. The first-order valence-electron chi connectivity index (χ1n) is 16.1. The first-order chi connectivity index (χ1) is 20.6. The Labute approximate surface area is 253 Å². The lowest BCUT2D eigenvalue weighted by Gasteiger charge is -2.11. The summed E-state index contributed by atoms with van der Waals surface area (Å²) in [7, 11) is 0. The fraction of sp³-hybridized carbons (Fsp3) is 0.583. The van der Waals surface area contributed by atoms with Crippen LogP contribution in [-0.4, -0.2) is 38.6 Å². The predicted octanol–water partition coefficient (Wildman–Crippen LogP) is 10.1. The maximum Gasteiger partial charge on any atom is 0.343 e. The van der Waals surface area contributed by atoms with Gasteiger partial charge < -0.3 is 18.9 Å². The maximum absolute atomic E-state index is 13.8. The number of hydrogen-bond donors (Lipinski definition) is 0. The highest BCUT2D eigenvalue weighted by Gasteiger charge is 2.10. The summed E-state index contributed by atoms with van der Waals surface area (Å²) in [6.45, 7) is 7.93. The molecule has 5 nitrogen and oxygen atoms in total. The Bertz CT molecular complexity index is 944. The lowest BCUT2D eigenvalue weighted by Crippen LogP contribution is -2.12. The fourth-order valence-corrected chi connectivity index (χ4v) is 4.58. The van der Waals surface area contributed by atoms with Crippen molar-refractivity contribution in [3.05, 3.63) is 66.7 Å². The van der Waals surface area contributed by atoms with Crippen LogP contribution >= 0.6 is 0 Å². The van der Waals surface area contributed by atoms with E-state index >= 15 is 0 Å². The van der Waals surface area contributed by atoms with E-state index in [1.54, 1.807) is 54.6 Å². The van der Waals surface area contributed by atoms with Crippen LogP contribution in [0.2, 0.25) is 0 Å². The Morgan fingerprint density at radius 1 is 0.714 bits per heavy atom. The Kier molecular flexibility index (Phi) is 19.9. The van der Waals surface area contributed by atoms with Gasteiger partial charge in [0, 0.05) is 6.61 Å². The first kappa shape index (κ1) is 35.3. The summed E-state index contributed by atoms with van der Waals surface area (Å²) in [4.78, 5) is 12.5. The normalized spacial score (nSPS) is 11.7. The molecule has 0 saturated heterocycles. The summed E-state index contributed by atoms with van der Waals surface area (Å²) in [6, 6.07) is 13.7. The van der Waals surface area contributed by atoms with Gasteiger partial charge in [0.25, 0.3) is 0 Å². The minimum atomic E-state index is -0.973. The van der Waals surface area contributed by atoms with Gasteiger partial charge >= 0.3 is 5.97 Å². The number of esters is 1. The second kappa shape index (κ2) is 23.7. The lowest BCUT2D eigenvalue weighted by molar-refractivity contribution is 0.0734. The molecule has 0 N–H and O–H groups in total. The van der Waals surface area contributed by atoms with E-state index in [1.165, 1.54) is 64.2 Å². The number of carbonyl (C=O) groups is 1. The third-order valence-corrected chi connectivity index (χ3v) is 7.11. The molecule has 0 aliphatic rings. The van der Waals surface area contributed by atoms with Crippen molar-refractivity contribution in [3.8, 4) is 17.2 Å². The van der Waals surface area contributed by atoms with E-state index in [4.69, 9.17) is 18.9 Å². The Hall–Kier alpha value is -2.86. The highest BCUT2D eigenvalue weighted by Crippen LogP contribution is 2.21. The molecule has 1 unspecified atom stereocenters. The average molecular weight is 585 g/mol. The quantitative estimate of drug-likeness (QED) is 0.0477. The molecule has 0 fully saturated rings. The number of rotatable bonds is 26. The van der Waals surface area contributed by atoms with E-state index in [0.29, 0.717) is 36.7 Å². The third kappa shape index (κ3) is 17.2. The van der Waals surface area contributed by atoms with Crippen molar-refractivity contribution in [2.45, 2.75) is 109 Å². The predicted molar refractivity (Wildman–Crippen MR) is 170 cm³/mol. The molecular weight excluding hydrogens is 531 g/mol. The van der Waals surface area contributed by atoms with E-state index < -0.39 is 12.1 Å². The maximum atomic E-state index is 13.8. The fourth-order valence-electron chi connectivity index (χ4n) is 4.58. The van der Waals surface area contributed by atoms with Gasteiger partial charge in [-0.15, -0.1) is 6.58 Å². The molecule has 2 aromatic rings. The van der Waals surface area contributed by atoms with Gasteiger partial charge in [0.1, 0.15) is 30.0 Å². The van der Waals surface area contributed by atoms with Gasteiger partial charge in [-0.05, 0) is 67.8 Å². The molecule has 0 saturated carbocycles. The van der Waals surface area contributed by atoms with Crippen molar-refractivity contribution >= 4 is 5.97 Å². The average Bonchev–Trinajstić information content (AvgIpc) is 3.01. The van der Waals surface area contributed by atoms with Gasteiger partial charge in [0.15, 0.2) is 0 Å². The lowest BCUT2D eigenvalue weighted by atomic mass is 10.1. The number of halogens is 1.